The van der Waals surface area contributed by atoms with Gasteiger partial charge in [0.15, 0.2) is 11.6 Å². The van der Waals surface area contributed by atoms with Gasteiger partial charge in [0, 0.05) is 38.4 Å². The van der Waals surface area contributed by atoms with E-state index in [0.29, 0.717) is 30.0 Å². The molecular weight excluding hydrogens is 364 g/mol. The smallest absolute Gasteiger partial charge is 1.00 e. The van der Waals surface area contributed by atoms with Crippen LogP contribution < -0.4 is 49.9 Å². The Morgan fingerprint density at radius 3 is 2.59 bits per heavy atom. The summed E-state index contributed by atoms with van der Waals surface area (Å²) >= 11 is 0. The Labute approximate surface area is 178 Å². The maximum absolute atomic E-state index is 15.0. The second-order valence-corrected chi connectivity index (χ2v) is 6.69. The van der Waals surface area contributed by atoms with Crippen molar-refractivity contribution in [3.05, 3.63) is 33.9 Å². The summed E-state index contributed by atoms with van der Waals surface area (Å²) in [5.41, 5.74) is -0.229. The molecule has 27 heavy (non-hydrogen) atoms. The fraction of sp³-hybridized carbons (Fsp3) is 0.444. The molecule has 7 nitrogen and oxygen atoms in total. The zero-order valence-electron chi connectivity index (χ0n) is 16.4. The number of anilines is 1. The number of methoxy groups -OCH3 is 1. The first-order valence-corrected chi connectivity index (χ1v) is 8.67. The topological polar surface area (TPSA) is 83.8 Å². The van der Waals surface area contributed by atoms with Gasteiger partial charge in [-0.25, -0.2) is 9.18 Å². The van der Waals surface area contributed by atoms with Gasteiger partial charge >= 0.3 is 35.5 Å². The van der Waals surface area contributed by atoms with E-state index in [1.165, 1.54) is 13.3 Å². The summed E-state index contributed by atoms with van der Waals surface area (Å²) in [6.45, 7) is 2.71. The number of carboxylic acid groups (broad SMARTS) is 1. The molecule has 2 aliphatic rings. The second-order valence-electron chi connectivity index (χ2n) is 6.69. The monoisotopic (exact) mass is 385 g/mol. The van der Waals surface area contributed by atoms with E-state index in [-0.39, 0.29) is 48.0 Å². The molecule has 0 radical (unpaired) electrons. The maximum Gasteiger partial charge on any atom is 1.00 e. The second kappa shape index (κ2) is 7.79. The molecule has 140 valence electrons. The standard InChI is InChI=1S/C18H20FN3O4.Na.H/c1-26-17-14-11(8-13(19)15(17)21-6-4-20-5-7-21)16(23)12(18(24)25)9-22(14)10-2-3-10;;/h8-10,20H,2-7H2,1H3,(H,24,25);;/q;+1;-1. The third-order valence-corrected chi connectivity index (χ3v) is 5.01. The van der Waals surface area contributed by atoms with E-state index >= 15 is 0 Å². The quantitative estimate of drug-likeness (QED) is 0.638. The van der Waals surface area contributed by atoms with Crippen LogP contribution in [0.5, 0.6) is 5.75 Å². The van der Waals surface area contributed by atoms with Gasteiger partial charge in [-0.05, 0) is 18.9 Å². The number of halogens is 1. The number of pyridine rings is 1. The number of carboxylic acids is 1. The van der Waals surface area contributed by atoms with Crippen molar-refractivity contribution in [1.82, 2.24) is 9.88 Å². The number of aromatic carboxylic acids is 1. The molecule has 1 saturated carbocycles. The Morgan fingerprint density at radius 2 is 2.04 bits per heavy atom. The van der Waals surface area contributed by atoms with E-state index in [0.717, 1.165) is 32.0 Å². The van der Waals surface area contributed by atoms with Crippen LogP contribution in [0.15, 0.2) is 17.1 Å². The molecular formula is C18H21FN3NaO4. The number of aromatic nitrogens is 1. The number of hydrogen-bond acceptors (Lipinski definition) is 5. The van der Waals surface area contributed by atoms with E-state index in [4.69, 9.17) is 4.74 Å². The maximum atomic E-state index is 15.0. The molecule has 0 spiro atoms. The van der Waals surface area contributed by atoms with Gasteiger partial charge in [-0.2, -0.15) is 0 Å². The Balaban J connectivity index is 0.00000140. The van der Waals surface area contributed by atoms with Crippen LogP contribution in [0.4, 0.5) is 10.1 Å². The first kappa shape index (κ1) is 20.1. The fourth-order valence-electron chi connectivity index (χ4n) is 3.61. The van der Waals surface area contributed by atoms with Crippen molar-refractivity contribution in [3.8, 4) is 5.75 Å². The van der Waals surface area contributed by atoms with E-state index in [9.17, 15) is 19.1 Å². The number of ether oxygens (including phenoxy) is 1. The Kier molecular flexibility index (Phi) is 5.81. The van der Waals surface area contributed by atoms with Crippen molar-refractivity contribution in [2.24, 2.45) is 0 Å². The van der Waals surface area contributed by atoms with E-state index < -0.39 is 17.2 Å². The number of fused-ring (bicyclic) bond motifs is 1. The number of nitrogens with zero attached hydrogens (tertiary/aromatic N) is 2. The van der Waals surface area contributed by atoms with Gasteiger partial charge < -0.3 is 26.1 Å². The molecule has 2 fully saturated rings. The number of carbonyl (C=O) groups is 1. The van der Waals surface area contributed by atoms with Crippen molar-refractivity contribution < 1.29 is 50.0 Å². The minimum atomic E-state index is -1.31. The molecule has 1 aliphatic carbocycles. The minimum absolute atomic E-state index is 0. The Morgan fingerprint density at radius 1 is 1.37 bits per heavy atom. The van der Waals surface area contributed by atoms with Gasteiger partial charge in [0.2, 0.25) is 5.43 Å². The van der Waals surface area contributed by atoms with Gasteiger partial charge in [0.1, 0.15) is 11.3 Å². The van der Waals surface area contributed by atoms with Gasteiger partial charge in [-0.3, -0.25) is 4.79 Å². The summed E-state index contributed by atoms with van der Waals surface area (Å²) in [5.74, 6) is -1.59. The first-order valence-electron chi connectivity index (χ1n) is 8.67. The van der Waals surface area contributed by atoms with Crippen molar-refractivity contribution in [3.63, 3.8) is 0 Å². The molecule has 2 aromatic rings. The normalized spacial score (nSPS) is 16.9. The Bertz CT molecular complexity index is 958. The summed E-state index contributed by atoms with van der Waals surface area (Å²) in [7, 11) is 1.45. The molecule has 9 heteroatoms. The number of piperazine rings is 1. The average Bonchev–Trinajstić information content (AvgIpc) is 3.47. The fourth-order valence-corrected chi connectivity index (χ4v) is 3.61. The van der Waals surface area contributed by atoms with Gasteiger partial charge in [-0.15, -0.1) is 0 Å². The van der Waals surface area contributed by atoms with E-state index in [1.807, 2.05) is 4.90 Å². The van der Waals surface area contributed by atoms with Crippen LogP contribution in [0.1, 0.15) is 30.7 Å². The zero-order chi connectivity index (χ0) is 18.4. The van der Waals surface area contributed by atoms with Crippen LogP contribution in [0, 0.1) is 5.82 Å². The summed E-state index contributed by atoms with van der Waals surface area (Å²) < 4.78 is 22.3. The number of rotatable bonds is 4. The molecule has 2 heterocycles. The van der Waals surface area contributed by atoms with Gasteiger partial charge in [0.05, 0.1) is 18.0 Å². The van der Waals surface area contributed by atoms with Gasteiger partial charge in [-0.1, -0.05) is 0 Å². The predicted molar refractivity (Wildman–Crippen MR) is 96.1 cm³/mol. The number of nitrogens with one attached hydrogen (secondary N) is 1. The number of benzene rings is 1. The van der Waals surface area contributed by atoms with Gasteiger partial charge in [0.25, 0.3) is 0 Å². The molecule has 0 unspecified atom stereocenters. The predicted octanol–water partition coefficient (Wildman–Crippen LogP) is -1.29. The summed E-state index contributed by atoms with van der Waals surface area (Å²) in [4.78, 5) is 26.0. The van der Waals surface area contributed by atoms with Crippen LogP contribution >= 0.6 is 0 Å². The molecule has 2 N–H and O–H groups in total. The van der Waals surface area contributed by atoms with Crippen molar-refractivity contribution in [1.29, 1.82) is 0 Å². The third kappa shape index (κ3) is 3.47. The molecule has 0 bridgehead atoms. The number of hydrogen-bond donors (Lipinski definition) is 2. The zero-order valence-corrected chi connectivity index (χ0v) is 17.4. The summed E-state index contributed by atoms with van der Waals surface area (Å²) in [5, 5.41) is 12.6. The van der Waals surface area contributed by atoms with Crippen LogP contribution in [0.2, 0.25) is 0 Å². The molecule has 4 rings (SSSR count). The first-order chi connectivity index (χ1) is 12.5. The molecule has 1 aromatic heterocycles. The van der Waals surface area contributed by atoms with E-state index in [2.05, 4.69) is 5.32 Å². The van der Waals surface area contributed by atoms with Crippen molar-refractivity contribution in [2.75, 3.05) is 38.2 Å². The minimum Gasteiger partial charge on any atom is -1.00 e. The van der Waals surface area contributed by atoms with Crippen molar-refractivity contribution >= 4 is 22.6 Å². The molecule has 1 saturated heterocycles. The molecule has 1 aliphatic heterocycles. The third-order valence-electron chi connectivity index (χ3n) is 5.01. The Hall–Kier alpha value is -1.61. The van der Waals surface area contributed by atoms with Crippen LogP contribution in [0.3, 0.4) is 0 Å². The summed E-state index contributed by atoms with van der Waals surface area (Å²) in [6.07, 6.45) is 3.15. The summed E-state index contributed by atoms with van der Waals surface area (Å²) in [6, 6.07) is 1.26. The molecule has 1 aromatic carbocycles. The van der Waals surface area contributed by atoms with Crippen LogP contribution in [0.25, 0.3) is 10.9 Å². The van der Waals surface area contributed by atoms with Crippen molar-refractivity contribution in [2.45, 2.75) is 18.9 Å². The largest absolute Gasteiger partial charge is 1.00 e. The molecule has 0 atom stereocenters. The van der Waals surface area contributed by atoms with Crippen LogP contribution in [-0.4, -0.2) is 48.9 Å². The molecule has 0 amide bonds. The SMILES string of the molecule is COc1c(N2CCNCC2)c(F)cc2c(=O)c(C(=O)O)cn(C3CC3)c12.[H-].[Na+]. The van der Waals surface area contributed by atoms with Crippen LogP contribution in [-0.2, 0) is 0 Å². The average molecular weight is 385 g/mol. The van der Waals surface area contributed by atoms with E-state index in [1.54, 1.807) is 4.57 Å².